The highest BCUT2D eigenvalue weighted by Gasteiger charge is 2.14. The normalized spacial score (nSPS) is 13.5. The number of urea groups is 1. The first-order valence-corrected chi connectivity index (χ1v) is 12.0. The molecule has 2 aromatic carbocycles. The van der Waals surface area contributed by atoms with E-state index in [2.05, 4.69) is 25.7 Å². The van der Waals surface area contributed by atoms with Crippen LogP contribution >= 0.6 is 0 Å². The highest BCUT2D eigenvalue weighted by molar-refractivity contribution is 5.94. The van der Waals surface area contributed by atoms with Gasteiger partial charge in [-0.05, 0) is 69.3 Å². The third-order valence-electron chi connectivity index (χ3n) is 6.09. The molecule has 0 radical (unpaired) electrons. The minimum atomic E-state index is -0.202. The molecule has 0 bridgehead atoms. The molecule has 35 heavy (non-hydrogen) atoms. The predicted octanol–water partition coefficient (Wildman–Crippen LogP) is 3.58. The number of hydrogen-bond acceptors (Lipinski definition) is 6. The van der Waals surface area contributed by atoms with Gasteiger partial charge in [-0.25, -0.2) is 4.79 Å². The van der Waals surface area contributed by atoms with Crippen LogP contribution in [0.5, 0.6) is 0 Å². The van der Waals surface area contributed by atoms with E-state index in [1.807, 2.05) is 31.2 Å². The van der Waals surface area contributed by atoms with Gasteiger partial charge in [-0.1, -0.05) is 22.9 Å². The summed E-state index contributed by atoms with van der Waals surface area (Å²) in [6, 6.07) is 14.6. The predicted molar refractivity (Wildman–Crippen MR) is 134 cm³/mol. The van der Waals surface area contributed by atoms with E-state index in [-0.39, 0.29) is 11.9 Å². The van der Waals surface area contributed by atoms with Crippen molar-refractivity contribution < 1.29 is 14.1 Å². The van der Waals surface area contributed by atoms with Gasteiger partial charge in [-0.15, -0.1) is 0 Å². The van der Waals surface area contributed by atoms with Crippen molar-refractivity contribution in [1.29, 1.82) is 0 Å². The van der Waals surface area contributed by atoms with Crippen LogP contribution in [0.4, 0.5) is 10.5 Å². The first-order chi connectivity index (χ1) is 17.0. The monoisotopic (exact) mass is 476 g/mol. The van der Waals surface area contributed by atoms with Crippen molar-refractivity contribution >= 4 is 17.6 Å². The molecule has 0 unspecified atom stereocenters. The number of amides is 3. The number of aryl methyl sites for hydroxylation is 1. The minimum Gasteiger partial charge on any atom is -0.351 e. The number of carbonyl (C=O) groups excluding carboxylic acids is 2. The number of nitrogens with zero attached hydrogens (tertiary/aromatic N) is 4. The molecule has 2 N–H and O–H groups in total. The molecule has 3 amide bonds. The molecule has 1 aliphatic rings. The Kier molecular flexibility index (Phi) is 8.10. The summed E-state index contributed by atoms with van der Waals surface area (Å²) >= 11 is 0. The maximum atomic E-state index is 12.4. The lowest BCUT2D eigenvalue weighted by atomic mass is 10.1. The molecule has 0 aliphatic carbocycles. The van der Waals surface area contributed by atoms with Crippen LogP contribution in [0, 0.1) is 6.92 Å². The fourth-order valence-electron chi connectivity index (χ4n) is 3.90. The van der Waals surface area contributed by atoms with E-state index < -0.39 is 0 Å². The van der Waals surface area contributed by atoms with Crippen LogP contribution < -0.4 is 10.6 Å². The molecule has 2 heterocycles. The largest absolute Gasteiger partial charge is 0.351 e. The summed E-state index contributed by atoms with van der Waals surface area (Å²) < 4.78 is 5.39. The molecule has 4 rings (SSSR count). The van der Waals surface area contributed by atoms with Crippen molar-refractivity contribution in [1.82, 2.24) is 25.3 Å². The molecule has 1 aromatic heterocycles. The second kappa shape index (κ2) is 11.6. The van der Waals surface area contributed by atoms with E-state index in [1.165, 1.54) is 12.8 Å². The smallest absolute Gasteiger partial charge is 0.321 e. The van der Waals surface area contributed by atoms with Crippen molar-refractivity contribution in [3.8, 4) is 11.5 Å². The van der Waals surface area contributed by atoms with E-state index in [9.17, 15) is 9.59 Å². The zero-order valence-electron chi connectivity index (χ0n) is 20.3. The number of carbonyl (C=O) groups is 2. The molecule has 184 valence electrons. The number of aromatic nitrogens is 2. The Labute approximate surface area is 205 Å². The summed E-state index contributed by atoms with van der Waals surface area (Å²) in [5, 5.41) is 9.86. The van der Waals surface area contributed by atoms with Crippen molar-refractivity contribution in [2.45, 2.75) is 26.2 Å². The fourth-order valence-corrected chi connectivity index (χ4v) is 3.90. The Bertz CT molecular complexity index is 1120. The van der Waals surface area contributed by atoms with E-state index in [1.54, 1.807) is 36.2 Å². The van der Waals surface area contributed by atoms with Crippen LogP contribution in [-0.4, -0.2) is 71.7 Å². The molecule has 9 heteroatoms. The number of rotatable bonds is 9. The van der Waals surface area contributed by atoms with Gasteiger partial charge in [-0.3, -0.25) is 4.79 Å². The average molecular weight is 477 g/mol. The molecule has 0 spiro atoms. The number of hydrogen-bond donors (Lipinski definition) is 2. The van der Waals surface area contributed by atoms with Crippen LogP contribution in [0.1, 0.15) is 34.6 Å². The van der Waals surface area contributed by atoms with Crippen LogP contribution in [0.2, 0.25) is 0 Å². The topological polar surface area (TPSA) is 104 Å². The SMILES string of the molecule is Cc1ccc(NC(=O)N(C)CCc2noc(-c3ccc(C(=O)NCCN4CCCC4)cc3)n2)cc1. The zero-order valence-corrected chi connectivity index (χ0v) is 20.3. The molecule has 1 aliphatic heterocycles. The van der Waals surface area contributed by atoms with Crippen LogP contribution in [0.15, 0.2) is 53.1 Å². The van der Waals surface area contributed by atoms with E-state index >= 15 is 0 Å². The Morgan fingerprint density at radius 3 is 2.49 bits per heavy atom. The lowest BCUT2D eigenvalue weighted by Gasteiger charge is -2.17. The van der Waals surface area contributed by atoms with Gasteiger partial charge in [0.15, 0.2) is 5.82 Å². The third kappa shape index (κ3) is 6.89. The first kappa shape index (κ1) is 24.4. The molecule has 1 saturated heterocycles. The molecular formula is C26H32N6O3. The van der Waals surface area contributed by atoms with Gasteiger partial charge in [0.25, 0.3) is 11.8 Å². The van der Waals surface area contributed by atoms with Crippen molar-refractivity contribution in [3.05, 3.63) is 65.5 Å². The lowest BCUT2D eigenvalue weighted by Crippen LogP contribution is -2.33. The standard InChI is InChI=1S/C26H32N6O3/c1-19-5-11-22(12-6-19)28-26(34)31(2)17-13-23-29-25(35-30-23)21-9-7-20(8-10-21)24(33)27-14-18-32-15-3-4-16-32/h5-12H,3-4,13-18H2,1-2H3,(H,27,33)(H,28,34). The van der Waals surface area contributed by atoms with Gasteiger partial charge >= 0.3 is 6.03 Å². The summed E-state index contributed by atoms with van der Waals surface area (Å²) in [5.41, 5.74) is 3.21. The number of benzene rings is 2. The van der Waals surface area contributed by atoms with Crippen molar-refractivity contribution in [3.63, 3.8) is 0 Å². The van der Waals surface area contributed by atoms with E-state index in [4.69, 9.17) is 4.52 Å². The summed E-state index contributed by atoms with van der Waals surface area (Å²) in [7, 11) is 1.72. The van der Waals surface area contributed by atoms with Gasteiger partial charge in [0, 0.05) is 49.9 Å². The average Bonchev–Trinajstić information content (AvgIpc) is 3.56. The minimum absolute atomic E-state index is 0.0890. The summed E-state index contributed by atoms with van der Waals surface area (Å²) in [6.07, 6.45) is 2.94. The fraction of sp³-hybridized carbons (Fsp3) is 0.385. The van der Waals surface area contributed by atoms with Gasteiger partial charge in [0.1, 0.15) is 0 Å². The van der Waals surface area contributed by atoms with Gasteiger partial charge < -0.3 is 25.0 Å². The summed E-state index contributed by atoms with van der Waals surface area (Å²) in [5.74, 6) is 0.806. The first-order valence-electron chi connectivity index (χ1n) is 12.0. The molecule has 1 fully saturated rings. The number of anilines is 1. The van der Waals surface area contributed by atoms with Crippen LogP contribution in [0.3, 0.4) is 0 Å². The lowest BCUT2D eigenvalue weighted by molar-refractivity contribution is 0.0949. The highest BCUT2D eigenvalue weighted by Crippen LogP contribution is 2.18. The van der Waals surface area contributed by atoms with E-state index in [0.717, 1.165) is 36.4 Å². The van der Waals surface area contributed by atoms with Crippen LogP contribution in [0.25, 0.3) is 11.5 Å². The van der Waals surface area contributed by atoms with Crippen molar-refractivity contribution in [2.75, 3.05) is 45.1 Å². The number of likely N-dealkylation sites (N-methyl/N-ethyl adjacent to an activating group) is 1. The van der Waals surface area contributed by atoms with Gasteiger partial charge in [0.05, 0.1) is 0 Å². The van der Waals surface area contributed by atoms with Gasteiger partial charge in [0.2, 0.25) is 0 Å². The van der Waals surface area contributed by atoms with Crippen LogP contribution in [-0.2, 0) is 6.42 Å². The Balaban J connectivity index is 1.24. The quantitative estimate of drug-likeness (QED) is 0.489. The maximum absolute atomic E-state index is 12.4. The molecule has 9 nitrogen and oxygen atoms in total. The zero-order chi connectivity index (χ0) is 24.6. The summed E-state index contributed by atoms with van der Waals surface area (Å²) in [6.45, 7) is 6.20. The second-order valence-corrected chi connectivity index (χ2v) is 8.87. The molecular weight excluding hydrogens is 444 g/mol. The maximum Gasteiger partial charge on any atom is 0.321 e. The summed E-state index contributed by atoms with van der Waals surface area (Å²) in [4.78, 5) is 33.1. The van der Waals surface area contributed by atoms with Gasteiger partial charge in [-0.2, -0.15) is 4.98 Å². The highest BCUT2D eigenvalue weighted by atomic mass is 16.5. The van der Waals surface area contributed by atoms with E-state index in [0.29, 0.717) is 36.8 Å². The molecule has 3 aromatic rings. The Morgan fingerprint density at radius 2 is 1.77 bits per heavy atom. The Morgan fingerprint density at radius 1 is 1.06 bits per heavy atom. The molecule has 0 saturated carbocycles. The van der Waals surface area contributed by atoms with Crippen molar-refractivity contribution in [2.24, 2.45) is 0 Å². The molecule has 0 atom stereocenters. The number of nitrogens with one attached hydrogen (secondary N) is 2. The third-order valence-corrected chi connectivity index (χ3v) is 6.09. The second-order valence-electron chi connectivity index (χ2n) is 8.87. The Hall–Kier alpha value is -3.72. The number of likely N-dealkylation sites (tertiary alicyclic amines) is 1.